The lowest BCUT2D eigenvalue weighted by Crippen LogP contribution is -2.41. The van der Waals surface area contributed by atoms with Crippen LogP contribution in [0.2, 0.25) is 0 Å². The number of carbonyl (C=O) groups excluding carboxylic acids is 1. The average Bonchev–Trinajstić information content (AvgIpc) is 3.06. The number of likely N-dealkylation sites (tertiary alicyclic amines) is 1. The first-order valence-electron chi connectivity index (χ1n) is 7.60. The first-order chi connectivity index (χ1) is 10.1. The Bertz CT molecular complexity index is 612. The highest BCUT2D eigenvalue weighted by Gasteiger charge is 2.38. The van der Waals surface area contributed by atoms with Gasteiger partial charge >= 0.3 is 0 Å². The fourth-order valence-electron chi connectivity index (χ4n) is 3.45. The van der Waals surface area contributed by atoms with Crippen molar-refractivity contribution < 1.29 is 13.2 Å². The third-order valence-electron chi connectivity index (χ3n) is 4.56. The van der Waals surface area contributed by atoms with Gasteiger partial charge in [0, 0.05) is 12.6 Å². The van der Waals surface area contributed by atoms with Crippen molar-refractivity contribution in [2.24, 2.45) is 5.92 Å². The lowest BCUT2D eigenvalue weighted by atomic mass is 10.0. The second kappa shape index (κ2) is 5.79. The predicted molar refractivity (Wildman–Crippen MR) is 81.6 cm³/mol. The van der Waals surface area contributed by atoms with Crippen molar-refractivity contribution in [1.29, 1.82) is 0 Å². The van der Waals surface area contributed by atoms with Crippen molar-refractivity contribution in [2.45, 2.75) is 31.7 Å². The van der Waals surface area contributed by atoms with E-state index in [1.54, 1.807) is 0 Å². The lowest BCUT2D eigenvalue weighted by Gasteiger charge is -2.27. The molecule has 114 valence electrons. The van der Waals surface area contributed by atoms with Crippen LogP contribution in [0.5, 0.6) is 0 Å². The van der Waals surface area contributed by atoms with E-state index in [2.05, 4.69) is 12.1 Å². The summed E-state index contributed by atoms with van der Waals surface area (Å²) in [7, 11) is -2.99. The molecule has 0 bridgehead atoms. The Morgan fingerprint density at radius 2 is 1.95 bits per heavy atom. The van der Waals surface area contributed by atoms with Crippen molar-refractivity contribution in [3.05, 3.63) is 35.9 Å². The van der Waals surface area contributed by atoms with Gasteiger partial charge in [-0.1, -0.05) is 30.3 Å². The first-order valence-corrected chi connectivity index (χ1v) is 9.42. The molecule has 1 amide bonds. The van der Waals surface area contributed by atoms with Crippen LogP contribution >= 0.6 is 0 Å². The number of carbonyl (C=O) groups is 1. The second-order valence-corrected chi connectivity index (χ2v) is 8.35. The molecule has 0 spiro atoms. The predicted octanol–water partition coefficient (Wildman–Crippen LogP) is 1.65. The Balaban J connectivity index is 1.68. The van der Waals surface area contributed by atoms with Crippen molar-refractivity contribution in [3.63, 3.8) is 0 Å². The minimum absolute atomic E-state index is 0.0421. The van der Waals surface area contributed by atoms with Gasteiger partial charge in [-0.15, -0.1) is 0 Å². The van der Waals surface area contributed by atoms with E-state index in [1.165, 1.54) is 5.56 Å². The summed E-state index contributed by atoms with van der Waals surface area (Å²) >= 11 is 0. The Morgan fingerprint density at radius 3 is 2.62 bits per heavy atom. The standard InChI is InChI=1S/C16H21NO3S/c18-16(14-8-10-21(19,20)12-14)17-9-4-7-15(17)11-13-5-2-1-3-6-13/h1-3,5-6,14-15H,4,7-12H2. The molecular weight excluding hydrogens is 286 g/mol. The number of amides is 1. The van der Waals surface area contributed by atoms with Gasteiger partial charge in [-0.2, -0.15) is 0 Å². The Morgan fingerprint density at radius 1 is 1.19 bits per heavy atom. The SMILES string of the molecule is O=C(C1CCS(=O)(=O)C1)N1CCCC1Cc1ccccc1. The van der Waals surface area contributed by atoms with Gasteiger partial charge in [-0.05, 0) is 31.2 Å². The van der Waals surface area contributed by atoms with Crippen molar-refractivity contribution in [2.75, 3.05) is 18.1 Å². The molecule has 0 N–H and O–H groups in total. The molecule has 0 radical (unpaired) electrons. The zero-order valence-electron chi connectivity index (χ0n) is 12.1. The molecule has 5 heteroatoms. The van der Waals surface area contributed by atoms with E-state index >= 15 is 0 Å². The molecule has 4 nitrogen and oxygen atoms in total. The fraction of sp³-hybridized carbons (Fsp3) is 0.562. The van der Waals surface area contributed by atoms with Crippen molar-refractivity contribution >= 4 is 15.7 Å². The van der Waals surface area contributed by atoms with Crippen LogP contribution in [-0.2, 0) is 21.1 Å². The normalized spacial score (nSPS) is 27.9. The lowest BCUT2D eigenvalue weighted by molar-refractivity contribution is -0.135. The maximum absolute atomic E-state index is 12.6. The quantitative estimate of drug-likeness (QED) is 0.853. The summed E-state index contributed by atoms with van der Waals surface area (Å²) in [5.74, 6) is -0.0538. The van der Waals surface area contributed by atoms with Crippen molar-refractivity contribution in [1.82, 2.24) is 4.90 Å². The van der Waals surface area contributed by atoms with Gasteiger partial charge in [0.25, 0.3) is 0 Å². The molecule has 2 fully saturated rings. The molecule has 0 saturated carbocycles. The number of hydrogen-bond acceptors (Lipinski definition) is 3. The van der Waals surface area contributed by atoms with Crippen LogP contribution in [0, 0.1) is 5.92 Å². The minimum Gasteiger partial charge on any atom is -0.339 e. The summed E-state index contributed by atoms with van der Waals surface area (Å²) < 4.78 is 23.1. The van der Waals surface area contributed by atoms with Gasteiger partial charge in [-0.3, -0.25) is 4.79 Å². The number of nitrogens with zero attached hydrogens (tertiary/aromatic N) is 1. The molecule has 1 aromatic rings. The average molecular weight is 307 g/mol. The van der Waals surface area contributed by atoms with Crippen LogP contribution in [0.25, 0.3) is 0 Å². The number of sulfone groups is 1. The van der Waals surface area contributed by atoms with E-state index < -0.39 is 9.84 Å². The molecule has 2 atom stereocenters. The van der Waals surface area contributed by atoms with E-state index in [4.69, 9.17) is 0 Å². The van der Waals surface area contributed by atoms with Crippen LogP contribution in [0.1, 0.15) is 24.8 Å². The Hall–Kier alpha value is -1.36. The van der Waals surface area contributed by atoms with Gasteiger partial charge < -0.3 is 4.90 Å². The van der Waals surface area contributed by atoms with Crippen LogP contribution in [0.4, 0.5) is 0 Å². The number of benzene rings is 1. The van der Waals surface area contributed by atoms with Gasteiger partial charge in [0.1, 0.15) is 0 Å². The van der Waals surface area contributed by atoms with Gasteiger partial charge in [0.05, 0.1) is 17.4 Å². The third-order valence-corrected chi connectivity index (χ3v) is 6.32. The monoisotopic (exact) mass is 307 g/mol. The van der Waals surface area contributed by atoms with E-state index in [0.717, 1.165) is 25.8 Å². The molecular formula is C16H21NO3S. The highest BCUT2D eigenvalue weighted by Crippen LogP contribution is 2.27. The molecule has 0 aromatic heterocycles. The minimum atomic E-state index is -2.99. The maximum Gasteiger partial charge on any atom is 0.226 e. The summed E-state index contributed by atoms with van der Waals surface area (Å²) in [5.41, 5.74) is 1.24. The van der Waals surface area contributed by atoms with E-state index in [9.17, 15) is 13.2 Å². The summed E-state index contributed by atoms with van der Waals surface area (Å²) in [6.45, 7) is 0.771. The molecule has 21 heavy (non-hydrogen) atoms. The molecule has 2 saturated heterocycles. The highest BCUT2D eigenvalue weighted by atomic mass is 32.2. The smallest absolute Gasteiger partial charge is 0.226 e. The van der Waals surface area contributed by atoms with Crippen molar-refractivity contribution in [3.8, 4) is 0 Å². The molecule has 2 unspecified atom stereocenters. The van der Waals surface area contributed by atoms with Gasteiger partial charge in [0.15, 0.2) is 9.84 Å². The summed E-state index contributed by atoms with van der Waals surface area (Å²) in [5, 5.41) is 0. The molecule has 2 aliphatic rings. The third kappa shape index (κ3) is 3.28. The van der Waals surface area contributed by atoms with Crippen LogP contribution in [0.3, 0.4) is 0 Å². The van der Waals surface area contributed by atoms with E-state index in [1.807, 2.05) is 23.1 Å². The molecule has 3 rings (SSSR count). The number of rotatable bonds is 3. The fourth-order valence-corrected chi connectivity index (χ4v) is 5.18. The summed E-state index contributed by atoms with van der Waals surface area (Å²) in [6.07, 6.45) is 3.39. The maximum atomic E-state index is 12.6. The Kier molecular flexibility index (Phi) is 4.02. The van der Waals surface area contributed by atoms with E-state index in [-0.39, 0.29) is 29.4 Å². The van der Waals surface area contributed by atoms with Crippen LogP contribution in [0.15, 0.2) is 30.3 Å². The molecule has 2 aliphatic heterocycles. The summed E-state index contributed by atoms with van der Waals surface area (Å²) in [4.78, 5) is 14.5. The molecule has 1 aromatic carbocycles. The highest BCUT2D eigenvalue weighted by molar-refractivity contribution is 7.91. The largest absolute Gasteiger partial charge is 0.339 e. The topological polar surface area (TPSA) is 54.5 Å². The first kappa shape index (κ1) is 14.6. The van der Waals surface area contributed by atoms with Gasteiger partial charge in [0.2, 0.25) is 5.91 Å². The molecule has 2 heterocycles. The number of hydrogen-bond donors (Lipinski definition) is 0. The zero-order valence-corrected chi connectivity index (χ0v) is 12.9. The molecule has 0 aliphatic carbocycles. The van der Waals surface area contributed by atoms with Gasteiger partial charge in [-0.25, -0.2) is 8.42 Å². The zero-order chi connectivity index (χ0) is 14.9. The van der Waals surface area contributed by atoms with Crippen LogP contribution in [-0.4, -0.2) is 43.3 Å². The van der Waals surface area contributed by atoms with Crippen LogP contribution < -0.4 is 0 Å². The van der Waals surface area contributed by atoms with E-state index in [0.29, 0.717) is 6.42 Å². The Labute approximate surface area is 126 Å². The summed E-state index contributed by atoms with van der Waals surface area (Å²) in [6, 6.07) is 10.4. The second-order valence-electron chi connectivity index (χ2n) is 6.12.